The van der Waals surface area contributed by atoms with Crippen molar-refractivity contribution in [1.82, 2.24) is 0 Å². The van der Waals surface area contributed by atoms with Crippen LogP contribution in [0.4, 0.5) is 0 Å². The Balaban J connectivity index is 2.30. The summed E-state index contributed by atoms with van der Waals surface area (Å²) in [4.78, 5) is 12.0. The van der Waals surface area contributed by atoms with Crippen molar-refractivity contribution in [1.29, 1.82) is 0 Å². The van der Waals surface area contributed by atoms with Crippen LogP contribution in [-0.4, -0.2) is 25.3 Å². The normalized spacial score (nSPS) is 10.2. The number of methoxy groups -OCH3 is 2. The summed E-state index contributed by atoms with van der Waals surface area (Å²) >= 11 is 1.46. The molecule has 2 aromatic carbocycles. The minimum atomic E-state index is -0.980. The Morgan fingerprint density at radius 2 is 1.71 bits per heavy atom. The maximum Gasteiger partial charge on any atom is 0.336 e. The van der Waals surface area contributed by atoms with Crippen molar-refractivity contribution in [2.45, 2.75) is 10.6 Å². The third-order valence-corrected chi connectivity index (χ3v) is 4.08. The molecular formula is C16H16O4S. The van der Waals surface area contributed by atoms with Gasteiger partial charge in [0.15, 0.2) is 11.5 Å². The summed E-state index contributed by atoms with van der Waals surface area (Å²) in [7, 11) is 3.02. The SMILES string of the molecule is COc1cc(SCc2ccccc2)c(C(=O)O)cc1OC. The summed E-state index contributed by atoms with van der Waals surface area (Å²) in [5.74, 6) is 0.653. The number of carbonyl (C=O) groups is 1. The second-order valence-electron chi connectivity index (χ2n) is 4.28. The zero-order valence-corrected chi connectivity index (χ0v) is 12.6. The maximum atomic E-state index is 11.4. The molecule has 1 N–H and O–H groups in total. The first-order valence-corrected chi connectivity index (χ1v) is 7.30. The second-order valence-corrected chi connectivity index (χ2v) is 5.30. The highest BCUT2D eigenvalue weighted by molar-refractivity contribution is 7.98. The monoisotopic (exact) mass is 304 g/mol. The topological polar surface area (TPSA) is 55.8 Å². The fourth-order valence-electron chi connectivity index (χ4n) is 1.88. The van der Waals surface area contributed by atoms with Crippen molar-refractivity contribution >= 4 is 17.7 Å². The first-order valence-electron chi connectivity index (χ1n) is 6.31. The maximum absolute atomic E-state index is 11.4. The highest BCUT2D eigenvalue weighted by Gasteiger charge is 2.16. The zero-order valence-electron chi connectivity index (χ0n) is 11.8. The average Bonchev–Trinajstić information content (AvgIpc) is 2.52. The van der Waals surface area contributed by atoms with Gasteiger partial charge in [-0.2, -0.15) is 0 Å². The van der Waals surface area contributed by atoms with Crippen molar-refractivity contribution in [3.05, 3.63) is 53.6 Å². The van der Waals surface area contributed by atoms with Gasteiger partial charge in [-0.05, 0) is 17.7 Å². The number of hydrogen-bond acceptors (Lipinski definition) is 4. The molecule has 0 unspecified atom stereocenters. The molecule has 0 fully saturated rings. The molecule has 0 atom stereocenters. The molecule has 0 aliphatic heterocycles. The zero-order chi connectivity index (χ0) is 15.2. The Morgan fingerprint density at radius 3 is 2.29 bits per heavy atom. The van der Waals surface area contributed by atoms with Crippen LogP contribution >= 0.6 is 11.8 Å². The van der Waals surface area contributed by atoms with E-state index >= 15 is 0 Å². The van der Waals surface area contributed by atoms with E-state index in [4.69, 9.17) is 9.47 Å². The molecule has 2 rings (SSSR count). The first kappa shape index (κ1) is 15.3. The van der Waals surface area contributed by atoms with Crippen LogP contribution in [0, 0.1) is 0 Å². The van der Waals surface area contributed by atoms with E-state index in [1.807, 2.05) is 30.3 Å². The summed E-state index contributed by atoms with van der Waals surface area (Å²) in [5.41, 5.74) is 1.35. The molecule has 0 saturated carbocycles. The molecule has 110 valence electrons. The number of thioether (sulfide) groups is 1. The molecule has 0 heterocycles. The van der Waals surface area contributed by atoms with Crippen molar-refractivity contribution in [2.24, 2.45) is 0 Å². The van der Waals surface area contributed by atoms with Crippen LogP contribution in [0.3, 0.4) is 0 Å². The number of rotatable bonds is 6. The molecule has 0 aliphatic rings. The first-order chi connectivity index (χ1) is 10.2. The Morgan fingerprint density at radius 1 is 1.10 bits per heavy atom. The lowest BCUT2D eigenvalue weighted by Crippen LogP contribution is -2.01. The summed E-state index contributed by atoms with van der Waals surface area (Å²) < 4.78 is 10.4. The van der Waals surface area contributed by atoms with Crippen LogP contribution in [0.2, 0.25) is 0 Å². The van der Waals surface area contributed by atoms with Crippen molar-refractivity contribution < 1.29 is 19.4 Å². The Bertz CT molecular complexity index is 626. The van der Waals surface area contributed by atoms with Crippen molar-refractivity contribution in [2.75, 3.05) is 14.2 Å². The summed E-state index contributed by atoms with van der Waals surface area (Å²) in [6.45, 7) is 0. The van der Waals surface area contributed by atoms with E-state index < -0.39 is 5.97 Å². The van der Waals surface area contributed by atoms with Crippen LogP contribution in [0.1, 0.15) is 15.9 Å². The van der Waals surface area contributed by atoms with Gasteiger partial charge in [-0.25, -0.2) is 4.79 Å². The van der Waals surface area contributed by atoms with Gasteiger partial charge in [0.25, 0.3) is 0 Å². The molecule has 0 aliphatic carbocycles. The van der Waals surface area contributed by atoms with Gasteiger partial charge in [0, 0.05) is 10.6 Å². The molecule has 5 heteroatoms. The fraction of sp³-hybridized carbons (Fsp3) is 0.188. The smallest absolute Gasteiger partial charge is 0.336 e. The van der Waals surface area contributed by atoms with Crippen LogP contribution < -0.4 is 9.47 Å². The van der Waals surface area contributed by atoms with Gasteiger partial charge in [-0.1, -0.05) is 30.3 Å². The third kappa shape index (κ3) is 3.70. The lowest BCUT2D eigenvalue weighted by Gasteiger charge is -2.12. The number of benzene rings is 2. The van der Waals surface area contributed by atoms with Gasteiger partial charge in [0.05, 0.1) is 19.8 Å². The Kier molecular flexibility index (Phi) is 5.11. The number of carboxylic acid groups (broad SMARTS) is 1. The molecule has 0 radical (unpaired) electrons. The molecule has 21 heavy (non-hydrogen) atoms. The fourth-order valence-corrected chi connectivity index (χ4v) is 2.89. The van der Waals surface area contributed by atoms with E-state index in [1.54, 1.807) is 6.07 Å². The van der Waals surface area contributed by atoms with E-state index in [0.29, 0.717) is 22.1 Å². The highest BCUT2D eigenvalue weighted by Crippen LogP contribution is 2.36. The predicted molar refractivity (Wildman–Crippen MR) is 82.5 cm³/mol. The van der Waals surface area contributed by atoms with E-state index in [1.165, 1.54) is 32.0 Å². The molecule has 0 aromatic heterocycles. The van der Waals surface area contributed by atoms with Gasteiger partial charge < -0.3 is 14.6 Å². The minimum Gasteiger partial charge on any atom is -0.493 e. The number of aromatic carboxylic acids is 1. The van der Waals surface area contributed by atoms with Crippen LogP contribution in [0.25, 0.3) is 0 Å². The molecule has 0 saturated heterocycles. The molecule has 4 nitrogen and oxygen atoms in total. The molecular weight excluding hydrogens is 288 g/mol. The molecule has 0 spiro atoms. The van der Waals surface area contributed by atoms with Crippen LogP contribution in [0.5, 0.6) is 11.5 Å². The van der Waals surface area contributed by atoms with Crippen LogP contribution in [0.15, 0.2) is 47.4 Å². The summed E-state index contributed by atoms with van der Waals surface area (Å²) in [6, 6.07) is 13.1. The average molecular weight is 304 g/mol. The number of carboxylic acids is 1. The minimum absolute atomic E-state index is 0.216. The lowest BCUT2D eigenvalue weighted by atomic mass is 10.2. The van der Waals surface area contributed by atoms with Gasteiger partial charge in [-0.3, -0.25) is 0 Å². The largest absolute Gasteiger partial charge is 0.493 e. The van der Waals surface area contributed by atoms with Gasteiger partial charge >= 0.3 is 5.97 Å². The number of ether oxygens (including phenoxy) is 2. The summed E-state index contributed by atoms with van der Waals surface area (Å²) in [6.07, 6.45) is 0. The van der Waals surface area contributed by atoms with Gasteiger partial charge in [-0.15, -0.1) is 11.8 Å². The molecule has 0 bridgehead atoms. The van der Waals surface area contributed by atoms with E-state index in [0.717, 1.165) is 5.56 Å². The molecule has 2 aromatic rings. The Hall–Kier alpha value is -2.14. The standard InChI is InChI=1S/C16H16O4S/c1-19-13-8-12(16(17)18)15(9-14(13)20-2)21-10-11-6-4-3-5-7-11/h3-9H,10H2,1-2H3,(H,17,18). The number of hydrogen-bond donors (Lipinski definition) is 1. The quantitative estimate of drug-likeness (QED) is 0.825. The van der Waals surface area contributed by atoms with E-state index in [9.17, 15) is 9.90 Å². The Labute approximate surface area is 127 Å². The van der Waals surface area contributed by atoms with Gasteiger partial charge in [0.1, 0.15) is 0 Å². The lowest BCUT2D eigenvalue weighted by molar-refractivity contribution is 0.0692. The van der Waals surface area contributed by atoms with Crippen molar-refractivity contribution in [3.63, 3.8) is 0 Å². The van der Waals surface area contributed by atoms with Crippen LogP contribution in [-0.2, 0) is 5.75 Å². The van der Waals surface area contributed by atoms with E-state index in [-0.39, 0.29) is 5.56 Å². The van der Waals surface area contributed by atoms with Crippen molar-refractivity contribution in [3.8, 4) is 11.5 Å². The van der Waals surface area contributed by atoms with E-state index in [2.05, 4.69) is 0 Å². The van der Waals surface area contributed by atoms with Gasteiger partial charge in [0.2, 0.25) is 0 Å². The third-order valence-electron chi connectivity index (χ3n) is 2.95. The molecule has 0 amide bonds. The second kappa shape index (κ2) is 7.04. The predicted octanol–water partition coefficient (Wildman–Crippen LogP) is 3.69. The highest BCUT2D eigenvalue weighted by atomic mass is 32.2. The summed E-state index contributed by atoms with van der Waals surface area (Å²) in [5, 5.41) is 9.34.